The summed E-state index contributed by atoms with van der Waals surface area (Å²) < 4.78 is 19.9. The van der Waals surface area contributed by atoms with E-state index in [0.29, 0.717) is 27.0 Å². The van der Waals surface area contributed by atoms with Gasteiger partial charge in [0.05, 0.1) is 23.7 Å². The number of imide groups is 1. The molecule has 2 aliphatic heterocycles. The second-order valence-corrected chi connectivity index (χ2v) is 11.5. The number of anilines is 2. The maximum atomic E-state index is 13.9. The SMILES string of the molecule is COc1ccc([C@@H]2c3sc(=O)n(CC(=O)Nc4ccc(F)cc4)c3S[C@H]3C(=O)N(c4ccccc4)C(=O)[C@@H]23)cc1. The highest BCUT2D eigenvalue weighted by atomic mass is 32.2. The Morgan fingerprint density at radius 1 is 0.950 bits per heavy atom. The van der Waals surface area contributed by atoms with Crippen molar-refractivity contribution in [3.63, 3.8) is 0 Å². The molecule has 1 saturated heterocycles. The standard InChI is InChI=1S/C29H22FN3O5S2/c1-38-20-13-7-16(8-14-20)22-23-24(27(36)33(26(23)35)19-5-3-2-4-6-19)39-28-25(22)40-29(37)32(28)15-21(34)31-18-11-9-17(30)10-12-18/h2-14,22-24H,15H2,1H3,(H,31,34)/t22-,23-,24+/m0/s1. The number of hydrogen-bond donors (Lipinski definition) is 1. The fourth-order valence-corrected chi connectivity index (χ4v) is 7.91. The van der Waals surface area contributed by atoms with Crippen LogP contribution >= 0.6 is 23.1 Å². The average Bonchev–Trinajstić information content (AvgIpc) is 3.41. The molecule has 0 aliphatic carbocycles. The van der Waals surface area contributed by atoms with Crippen molar-refractivity contribution in [2.75, 3.05) is 17.3 Å². The van der Waals surface area contributed by atoms with Crippen LogP contribution in [0.5, 0.6) is 5.75 Å². The molecule has 8 nitrogen and oxygen atoms in total. The van der Waals surface area contributed by atoms with Gasteiger partial charge in [0.1, 0.15) is 23.4 Å². The van der Waals surface area contributed by atoms with Crippen molar-refractivity contribution in [3.05, 3.63) is 105 Å². The molecule has 2 aliphatic rings. The lowest BCUT2D eigenvalue weighted by atomic mass is 9.83. The molecule has 1 aromatic heterocycles. The molecule has 0 unspecified atom stereocenters. The molecule has 3 amide bonds. The molecular formula is C29H22FN3O5S2. The number of halogens is 1. The van der Waals surface area contributed by atoms with Crippen LogP contribution in [0.4, 0.5) is 15.8 Å². The van der Waals surface area contributed by atoms with Crippen LogP contribution in [0.3, 0.4) is 0 Å². The highest BCUT2D eigenvalue weighted by Gasteiger charge is 2.56. The lowest BCUT2D eigenvalue weighted by molar-refractivity contribution is -0.122. The number of benzene rings is 3. The quantitative estimate of drug-likeness (QED) is 0.340. The van der Waals surface area contributed by atoms with E-state index >= 15 is 0 Å². The number of fused-ring (bicyclic) bond motifs is 2. The zero-order valence-electron chi connectivity index (χ0n) is 21.1. The zero-order valence-corrected chi connectivity index (χ0v) is 22.7. The lowest BCUT2D eigenvalue weighted by Gasteiger charge is -2.30. The third kappa shape index (κ3) is 4.50. The van der Waals surface area contributed by atoms with E-state index in [4.69, 9.17) is 4.74 Å². The monoisotopic (exact) mass is 575 g/mol. The van der Waals surface area contributed by atoms with Gasteiger partial charge in [0, 0.05) is 16.5 Å². The summed E-state index contributed by atoms with van der Waals surface area (Å²) in [7, 11) is 1.56. The fraction of sp³-hybridized carbons (Fsp3) is 0.172. The first-order chi connectivity index (χ1) is 19.4. The Hall–Kier alpha value is -4.22. The molecule has 40 heavy (non-hydrogen) atoms. The number of carbonyl (C=O) groups is 3. The van der Waals surface area contributed by atoms with E-state index in [9.17, 15) is 23.6 Å². The van der Waals surface area contributed by atoms with Crippen LogP contribution in [0.2, 0.25) is 0 Å². The van der Waals surface area contributed by atoms with Gasteiger partial charge in [-0.1, -0.05) is 53.4 Å². The minimum atomic E-state index is -0.785. The van der Waals surface area contributed by atoms with E-state index in [0.717, 1.165) is 28.7 Å². The predicted octanol–water partition coefficient (Wildman–Crippen LogP) is 4.49. The summed E-state index contributed by atoms with van der Waals surface area (Å²) in [6.07, 6.45) is 0. The van der Waals surface area contributed by atoms with E-state index in [1.165, 1.54) is 33.7 Å². The summed E-state index contributed by atoms with van der Waals surface area (Å²) in [5.74, 6) is -2.28. The Balaban J connectivity index is 1.41. The van der Waals surface area contributed by atoms with Gasteiger partial charge in [0.2, 0.25) is 17.7 Å². The maximum absolute atomic E-state index is 13.9. The number of thiazole rings is 1. The average molecular weight is 576 g/mol. The first kappa shape index (κ1) is 26.0. The summed E-state index contributed by atoms with van der Waals surface area (Å²) >= 11 is 2.12. The maximum Gasteiger partial charge on any atom is 0.308 e. The number of carbonyl (C=O) groups excluding carboxylic acids is 3. The second kappa shape index (κ2) is 10.4. The third-order valence-corrected chi connectivity index (χ3v) is 9.57. The molecule has 3 atom stereocenters. The molecule has 3 heterocycles. The Morgan fingerprint density at radius 3 is 2.33 bits per heavy atom. The van der Waals surface area contributed by atoms with Crippen LogP contribution in [-0.4, -0.2) is 34.6 Å². The summed E-state index contributed by atoms with van der Waals surface area (Å²) in [6, 6.07) is 21.3. The Kier molecular flexibility index (Phi) is 6.77. The number of nitrogens with one attached hydrogen (secondary N) is 1. The number of thioether (sulfide) groups is 1. The highest BCUT2D eigenvalue weighted by Crippen LogP contribution is 2.54. The summed E-state index contributed by atoms with van der Waals surface area (Å²) in [6.45, 7) is -0.299. The Labute approximate surface area is 236 Å². The molecule has 3 aromatic carbocycles. The van der Waals surface area contributed by atoms with Crippen LogP contribution in [-0.2, 0) is 20.9 Å². The van der Waals surface area contributed by atoms with Gasteiger partial charge in [-0.25, -0.2) is 9.29 Å². The lowest BCUT2D eigenvalue weighted by Crippen LogP contribution is -2.33. The molecule has 0 bridgehead atoms. The smallest absolute Gasteiger partial charge is 0.308 e. The molecular weight excluding hydrogens is 553 g/mol. The molecule has 0 spiro atoms. The number of ether oxygens (including phenoxy) is 1. The van der Waals surface area contributed by atoms with Crippen LogP contribution in [0, 0.1) is 11.7 Å². The Morgan fingerprint density at radius 2 is 1.65 bits per heavy atom. The number of nitrogens with zero attached hydrogens (tertiary/aromatic N) is 2. The van der Waals surface area contributed by atoms with Gasteiger partial charge in [-0.15, -0.1) is 0 Å². The van der Waals surface area contributed by atoms with E-state index < -0.39 is 28.8 Å². The zero-order chi connectivity index (χ0) is 28.0. The van der Waals surface area contributed by atoms with Crippen LogP contribution in [0.25, 0.3) is 0 Å². The minimum absolute atomic E-state index is 0.299. The molecule has 11 heteroatoms. The van der Waals surface area contributed by atoms with Gasteiger partial charge >= 0.3 is 4.87 Å². The number of aromatic nitrogens is 1. The summed E-state index contributed by atoms with van der Waals surface area (Å²) in [5, 5.41) is 2.38. The van der Waals surface area contributed by atoms with Crippen LogP contribution in [0.1, 0.15) is 16.4 Å². The van der Waals surface area contributed by atoms with Gasteiger partial charge in [-0.2, -0.15) is 0 Å². The van der Waals surface area contributed by atoms with Gasteiger partial charge in [-0.3, -0.25) is 23.7 Å². The normalized spacial score (nSPS) is 19.8. The Bertz CT molecular complexity index is 1670. The molecule has 0 radical (unpaired) electrons. The number of para-hydroxylation sites is 1. The molecule has 1 fully saturated rings. The van der Waals surface area contributed by atoms with Crippen molar-refractivity contribution in [1.29, 1.82) is 0 Å². The first-order valence-electron chi connectivity index (χ1n) is 12.4. The summed E-state index contributed by atoms with van der Waals surface area (Å²) in [5.41, 5.74) is 1.64. The largest absolute Gasteiger partial charge is 0.497 e. The van der Waals surface area contributed by atoms with Crippen molar-refractivity contribution < 1.29 is 23.5 Å². The highest BCUT2D eigenvalue weighted by molar-refractivity contribution is 8.00. The van der Waals surface area contributed by atoms with Crippen LogP contribution in [0.15, 0.2) is 88.7 Å². The summed E-state index contributed by atoms with van der Waals surface area (Å²) in [4.78, 5) is 55.2. The molecule has 0 saturated carbocycles. The molecule has 202 valence electrons. The molecule has 6 rings (SSSR count). The van der Waals surface area contributed by atoms with Crippen molar-refractivity contribution in [1.82, 2.24) is 4.57 Å². The minimum Gasteiger partial charge on any atom is -0.497 e. The van der Waals surface area contributed by atoms with Gasteiger partial charge in [0.25, 0.3) is 0 Å². The van der Waals surface area contributed by atoms with Gasteiger partial charge < -0.3 is 10.1 Å². The fourth-order valence-electron chi connectivity index (χ4n) is 5.13. The van der Waals surface area contributed by atoms with Crippen molar-refractivity contribution in [2.45, 2.75) is 22.7 Å². The van der Waals surface area contributed by atoms with E-state index in [-0.39, 0.29) is 23.2 Å². The third-order valence-electron chi connectivity index (χ3n) is 6.97. The van der Waals surface area contributed by atoms with Gasteiger partial charge in [-0.05, 0) is 54.1 Å². The number of amides is 3. The first-order valence-corrected chi connectivity index (χ1v) is 14.1. The van der Waals surface area contributed by atoms with E-state index in [1.54, 1.807) is 43.5 Å². The van der Waals surface area contributed by atoms with Gasteiger partial charge in [0.15, 0.2) is 0 Å². The molecule has 1 N–H and O–H groups in total. The topological polar surface area (TPSA) is 97.7 Å². The molecule has 4 aromatic rings. The van der Waals surface area contributed by atoms with Crippen molar-refractivity contribution in [3.8, 4) is 5.75 Å². The van der Waals surface area contributed by atoms with Crippen molar-refractivity contribution in [2.24, 2.45) is 5.92 Å². The number of rotatable bonds is 6. The number of methoxy groups -OCH3 is 1. The predicted molar refractivity (Wildman–Crippen MR) is 151 cm³/mol. The number of hydrogen-bond acceptors (Lipinski definition) is 7. The second-order valence-electron chi connectivity index (χ2n) is 9.34. The van der Waals surface area contributed by atoms with E-state index in [2.05, 4.69) is 5.32 Å². The van der Waals surface area contributed by atoms with E-state index in [1.807, 2.05) is 18.2 Å². The van der Waals surface area contributed by atoms with Crippen molar-refractivity contribution >= 4 is 52.2 Å². The van der Waals surface area contributed by atoms with Crippen LogP contribution < -0.4 is 19.8 Å².